The summed E-state index contributed by atoms with van der Waals surface area (Å²) in [5, 5.41) is 19.3. The van der Waals surface area contributed by atoms with E-state index >= 15 is 0 Å². The number of carbonyl (C=O) groups is 2. The highest BCUT2D eigenvalue weighted by Crippen LogP contribution is 2.50. The molecular weight excluding hydrogens is 302 g/mol. The third-order valence-electron chi connectivity index (χ3n) is 2.23. The molecule has 1 unspecified atom stereocenters. The van der Waals surface area contributed by atoms with Crippen molar-refractivity contribution in [3.8, 4) is 6.07 Å². The zero-order valence-electron chi connectivity index (χ0n) is 11.2. The van der Waals surface area contributed by atoms with Gasteiger partial charge in [-0.05, 0) is 13.8 Å². The van der Waals surface area contributed by atoms with E-state index in [1.165, 1.54) is 0 Å². The van der Waals surface area contributed by atoms with Crippen LogP contribution in [0.5, 0.6) is 0 Å². The summed E-state index contributed by atoms with van der Waals surface area (Å²) in [6.45, 7) is 3.73. The molecule has 0 aliphatic carbocycles. The predicted octanol–water partition coefficient (Wildman–Crippen LogP) is 1.41. The standard InChI is InChI=1S/C12H15NO5S2/c1-3-17-9(14)5-12(16)7-19-11(20-12)8(6-13)10(15)18-4-2/h16H,3-5,7H2,1-2H3/b11-8+. The Morgan fingerprint density at radius 1 is 1.40 bits per heavy atom. The summed E-state index contributed by atoms with van der Waals surface area (Å²) in [6.07, 6.45) is -0.191. The summed E-state index contributed by atoms with van der Waals surface area (Å²) in [6, 6.07) is 1.78. The summed E-state index contributed by atoms with van der Waals surface area (Å²) in [4.78, 5) is 21.6. The van der Waals surface area contributed by atoms with Gasteiger partial charge in [-0.2, -0.15) is 5.26 Å². The van der Waals surface area contributed by atoms with E-state index in [-0.39, 0.29) is 31.0 Å². The average Bonchev–Trinajstić information content (AvgIpc) is 2.72. The maximum atomic E-state index is 11.6. The minimum Gasteiger partial charge on any atom is -0.466 e. The van der Waals surface area contributed by atoms with Crippen molar-refractivity contribution in [1.82, 2.24) is 0 Å². The van der Waals surface area contributed by atoms with Gasteiger partial charge >= 0.3 is 11.9 Å². The molecule has 0 saturated carbocycles. The molecule has 0 aromatic carbocycles. The number of aliphatic hydroxyl groups is 1. The van der Waals surface area contributed by atoms with Crippen molar-refractivity contribution in [3.05, 3.63) is 9.81 Å². The van der Waals surface area contributed by atoms with E-state index in [0.29, 0.717) is 4.24 Å². The topological polar surface area (TPSA) is 96.6 Å². The van der Waals surface area contributed by atoms with Crippen molar-refractivity contribution in [2.75, 3.05) is 19.0 Å². The smallest absolute Gasteiger partial charge is 0.350 e. The fourth-order valence-electron chi connectivity index (χ4n) is 1.44. The van der Waals surface area contributed by atoms with Gasteiger partial charge < -0.3 is 14.6 Å². The predicted molar refractivity (Wildman–Crippen MR) is 75.5 cm³/mol. The van der Waals surface area contributed by atoms with E-state index in [4.69, 9.17) is 14.7 Å². The van der Waals surface area contributed by atoms with Crippen molar-refractivity contribution in [3.63, 3.8) is 0 Å². The lowest BCUT2D eigenvalue weighted by atomic mass is 10.3. The van der Waals surface area contributed by atoms with Gasteiger partial charge in [-0.3, -0.25) is 4.79 Å². The summed E-state index contributed by atoms with van der Waals surface area (Å²) in [7, 11) is 0. The molecule has 20 heavy (non-hydrogen) atoms. The Morgan fingerprint density at radius 2 is 2.05 bits per heavy atom. The van der Waals surface area contributed by atoms with Gasteiger partial charge in [0.25, 0.3) is 0 Å². The lowest BCUT2D eigenvalue weighted by Gasteiger charge is -2.18. The first kappa shape index (κ1) is 16.9. The van der Waals surface area contributed by atoms with E-state index in [9.17, 15) is 14.7 Å². The molecule has 0 spiro atoms. The number of thioether (sulfide) groups is 2. The summed E-state index contributed by atoms with van der Waals surface area (Å²) in [5.74, 6) is -1.03. The van der Waals surface area contributed by atoms with Crippen LogP contribution in [-0.2, 0) is 19.1 Å². The van der Waals surface area contributed by atoms with Gasteiger partial charge in [0.15, 0.2) is 5.57 Å². The van der Waals surface area contributed by atoms with Crippen molar-refractivity contribution in [2.45, 2.75) is 25.2 Å². The van der Waals surface area contributed by atoms with Crippen molar-refractivity contribution in [2.24, 2.45) is 0 Å². The molecule has 1 fully saturated rings. The largest absolute Gasteiger partial charge is 0.466 e. The number of nitrogens with zero attached hydrogens (tertiary/aromatic N) is 1. The van der Waals surface area contributed by atoms with Crippen LogP contribution < -0.4 is 0 Å². The van der Waals surface area contributed by atoms with Crippen LogP contribution >= 0.6 is 23.5 Å². The number of hydrogen-bond acceptors (Lipinski definition) is 8. The fourth-order valence-corrected chi connectivity index (χ4v) is 4.22. The third-order valence-corrected chi connectivity index (χ3v) is 5.17. The van der Waals surface area contributed by atoms with Crippen LogP contribution in [0.25, 0.3) is 0 Å². The van der Waals surface area contributed by atoms with E-state index in [0.717, 1.165) is 23.5 Å². The van der Waals surface area contributed by atoms with Crippen LogP contribution in [0.4, 0.5) is 0 Å². The van der Waals surface area contributed by atoms with Crippen molar-refractivity contribution >= 4 is 35.5 Å². The molecule has 0 aromatic heterocycles. The van der Waals surface area contributed by atoms with Gasteiger partial charge in [0, 0.05) is 5.75 Å². The highest BCUT2D eigenvalue weighted by atomic mass is 32.2. The molecule has 0 radical (unpaired) electrons. The van der Waals surface area contributed by atoms with E-state index in [1.807, 2.05) is 0 Å². The second-order valence-corrected chi connectivity index (χ2v) is 6.43. The quantitative estimate of drug-likeness (QED) is 0.462. The summed E-state index contributed by atoms with van der Waals surface area (Å²) >= 11 is 2.09. The van der Waals surface area contributed by atoms with Crippen LogP contribution in [0, 0.1) is 11.3 Å². The Labute approximate surface area is 125 Å². The van der Waals surface area contributed by atoms with Crippen molar-refractivity contribution in [1.29, 1.82) is 5.26 Å². The molecule has 8 heteroatoms. The highest BCUT2D eigenvalue weighted by molar-refractivity contribution is 8.26. The number of esters is 2. The Kier molecular flexibility index (Phi) is 6.39. The van der Waals surface area contributed by atoms with E-state index in [1.54, 1.807) is 19.9 Å². The van der Waals surface area contributed by atoms with Crippen LogP contribution in [0.3, 0.4) is 0 Å². The highest BCUT2D eigenvalue weighted by Gasteiger charge is 2.41. The number of nitriles is 1. The molecule has 1 saturated heterocycles. The second kappa shape index (κ2) is 7.57. The molecule has 6 nitrogen and oxygen atoms in total. The first-order valence-corrected chi connectivity index (χ1v) is 7.77. The monoisotopic (exact) mass is 317 g/mol. The lowest BCUT2D eigenvalue weighted by molar-refractivity contribution is -0.145. The normalized spacial score (nSPS) is 23.9. The van der Waals surface area contributed by atoms with Gasteiger partial charge in [-0.1, -0.05) is 11.8 Å². The number of ether oxygens (including phenoxy) is 2. The van der Waals surface area contributed by atoms with Crippen LogP contribution in [0.15, 0.2) is 9.81 Å². The second-order valence-electron chi connectivity index (χ2n) is 3.81. The molecule has 1 rings (SSSR count). The lowest BCUT2D eigenvalue weighted by Crippen LogP contribution is -2.28. The van der Waals surface area contributed by atoms with Crippen LogP contribution in [0.2, 0.25) is 0 Å². The minimum atomic E-state index is -1.36. The Morgan fingerprint density at radius 3 is 2.60 bits per heavy atom. The molecule has 1 atom stereocenters. The molecule has 110 valence electrons. The molecule has 0 aromatic rings. The maximum Gasteiger partial charge on any atom is 0.350 e. The Hall–Kier alpha value is -1.17. The molecule has 1 aliphatic heterocycles. The summed E-state index contributed by atoms with van der Waals surface area (Å²) < 4.78 is 9.93. The fraction of sp³-hybridized carbons (Fsp3) is 0.583. The van der Waals surface area contributed by atoms with E-state index < -0.39 is 16.9 Å². The maximum absolute atomic E-state index is 11.6. The van der Waals surface area contributed by atoms with Gasteiger partial charge in [-0.25, -0.2) is 4.79 Å². The van der Waals surface area contributed by atoms with Crippen LogP contribution in [-0.4, -0.2) is 40.9 Å². The number of carbonyl (C=O) groups excluding carboxylic acids is 2. The molecular formula is C12H15NO5S2. The molecule has 0 amide bonds. The Bertz CT molecular complexity index is 471. The molecule has 1 heterocycles. The molecule has 1 N–H and O–H groups in total. The van der Waals surface area contributed by atoms with Gasteiger partial charge in [0.2, 0.25) is 0 Å². The van der Waals surface area contributed by atoms with Crippen LogP contribution in [0.1, 0.15) is 20.3 Å². The van der Waals surface area contributed by atoms with Gasteiger partial charge in [0.1, 0.15) is 11.0 Å². The van der Waals surface area contributed by atoms with Gasteiger partial charge in [0.05, 0.1) is 23.9 Å². The first-order valence-electron chi connectivity index (χ1n) is 5.97. The number of rotatable bonds is 5. The Balaban J connectivity index is 2.81. The first-order chi connectivity index (χ1) is 9.45. The third kappa shape index (κ3) is 4.44. The minimum absolute atomic E-state index is 0.137. The zero-order chi connectivity index (χ0) is 15.2. The summed E-state index contributed by atoms with van der Waals surface area (Å²) in [5.41, 5.74) is -0.137. The van der Waals surface area contributed by atoms with Crippen molar-refractivity contribution < 1.29 is 24.2 Å². The molecule has 0 bridgehead atoms. The zero-order valence-corrected chi connectivity index (χ0v) is 12.8. The van der Waals surface area contributed by atoms with Gasteiger partial charge in [-0.15, -0.1) is 11.8 Å². The number of hydrogen-bond donors (Lipinski definition) is 1. The molecule has 1 aliphatic rings. The SMILES string of the molecule is CCOC(=O)CC1(O)CS/C(=C(/C#N)C(=O)OCC)S1. The van der Waals surface area contributed by atoms with E-state index in [2.05, 4.69) is 0 Å². The average molecular weight is 317 g/mol.